The van der Waals surface area contributed by atoms with E-state index in [4.69, 9.17) is 4.98 Å². The van der Waals surface area contributed by atoms with E-state index < -0.39 is 0 Å². The zero-order chi connectivity index (χ0) is 24.4. The second kappa shape index (κ2) is 9.87. The van der Waals surface area contributed by atoms with Crippen molar-refractivity contribution in [2.75, 3.05) is 25.5 Å². The number of carbonyl (C=O) groups excluding carboxylic acids is 1. The van der Waals surface area contributed by atoms with Gasteiger partial charge >= 0.3 is 0 Å². The fraction of sp³-hybridized carbons (Fsp3) is 0.385. The third kappa shape index (κ3) is 5.35. The number of nitrogens with zero attached hydrogens (tertiary/aromatic N) is 7. The van der Waals surface area contributed by atoms with E-state index in [1.165, 1.54) is 0 Å². The van der Waals surface area contributed by atoms with Crippen LogP contribution in [0.15, 0.2) is 49.1 Å². The van der Waals surface area contributed by atoms with Crippen LogP contribution in [0, 0.1) is 0 Å². The van der Waals surface area contributed by atoms with Crippen molar-refractivity contribution >= 4 is 22.5 Å². The summed E-state index contributed by atoms with van der Waals surface area (Å²) in [5, 5.41) is 17.3. The number of hydrogen-bond acceptors (Lipinski definition) is 8. The number of nitrogens with one attached hydrogen (secondary N) is 1. The fourth-order valence-electron chi connectivity index (χ4n) is 4.30. The first kappa shape index (κ1) is 23.0. The van der Waals surface area contributed by atoms with Crippen molar-refractivity contribution in [3.8, 4) is 11.3 Å². The minimum absolute atomic E-state index is 0.0275. The van der Waals surface area contributed by atoms with Gasteiger partial charge in [0.15, 0.2) is 5.78 Å². The molecule has 9 heteroatoms. The van der Waals surface area contributed by atoms with Gasteiger partial charge in [-0.15, -0.1) is 0 Å². The molecule has 3 aromatic heterocycles. The average molecular weight is 471 g/mol. The summed E-state index contributed by atoms with van der Waals surface area (Å²) in [6.45, 7) is 6.22. The molecule has 1 saturated heterocycles. The Hall–Kier alpha value is -3.72. The van der Waals surface area contributed by atoms with Gasteiger partial charge in [-0.1, -0.05) is 6.07 Å². The lowest BCUT2D eigenvalue weighted by molar-refractivity contribution is 0.0991. The number of likely N-dealkylation sites (tertiary alicyclic amines) is 1. The number of hydrogen-bond donors (Lipinski definition) is 1. The molecule has 1 aromatic carbocycles. The Balaban J connectivity index is 1.34. The standard InChI is InChI=1S/C26H30N8O/c1-17(2)34-16-20(13-28-34)25(35)12-22-11-19-10-18(4-5-23(19)32-31-22)24-14-27-15-26(30-24)29-21-6-8-33(3)9-7-21/h4-5,10-11,13-17,21H,6-9,12H2,1-3H3,(H,29,30). The molecule has 0 spiro atoms. The van der Waals surface area contributed by atoms with Crippen LogP contribution in [0.25, 0.3) is 22.2 Å². The van der Waals surface area contributed by atoms with E-state index in [0.717, 1.165) is 53.9 Å². The fourth-order valence-corrected chi connectivity index (χ4v) is 4.30. The maximum atomic E-state index is 12.7. The van der Waals surface area contributed by atoms with E-state index in [9.17, 15) is 4.79 Å². The van der Waals surface area contributed by atoms with E-state index in [2.05, 4.69) is 37.5 Å². The summed E-state index contributed by atoms with van der Waals surface area (Å²) < 4.78 is 1.78. The van der Waals surface area contributed by atoms with E-state index in [1.807, 2.05) is 38.1 Å². The van der Waals surface area contributed by atoms with E-state index in [-0.39, 0.29) is 18.2 Å². The van der Waals surface area contributed by atoms with Gasteiger partial charge in [-0.05, 0) is 65.0 Å². The molecule has 0 amide bonds. The van der Waals surface area contributed by atoms with Gasteiger partial charge in [0.1, 0.15) is 5.82 Å². The van der Waals surface area contributed by atoms with Gasteiger partial charge in [-0.3, -0.25) is 14.5 Å². The molecule has 0 unspecified atom stereocenters. The predicted octanol–water partition coefficient (Wildman–Crippen LogP) is 3.80. The maximum Gasteiger partial charge on any atom is 0.172 e. The Labute approximate surface area is 204 Å². The van der Waals surface area contributed by atoms with Crippen LogP contribution < -0.4 is 5.32 Å². The number of ketones is 1. The molecule has 9 nitrogen and oxygen atoms in total. The zero-order valence-corrected chi connectivity index (χ0v) is 20.3. The molecule has 0 atom stereocenters. The summed E-state index contributed by atoms with van der Waals surface area (Å²) in [5.74, 6) is 0.762. The first-order valence-electron chi connectivity index (χ1n) is 12.1. The summed E-state index contributed by atoms with van der Waals surface area (Å²) >= 11 is 0. The Kier molecular flexibility index (Phi) is 6.50. The van der Waals surface area contributed by atoms with E-state index >= 15 is 0 Å². The largest absolute Gasteiger partial charge is 0.366 e. The number of anilines is 1. The van der Waals surface area contributed by atoms with Gasteiger partial charge in [0.2, 0.25) is 0 Å². The topological polar surface area (TPSA) is 102 Å². The van der Waals surface area contributed by atoms with Crippen LogP contribution in [0.4, 0.5) is 5.82 Å². The molecular weight excluding hydrogens is 440 g/mol. The third-order valence-corrected chi connectivity index (χ3v) is 6.43. The summed E-state index contributed by atoms with van der Waals surface area (Å²) in [6.07, 6.45) is 9.30. The van der Waals surface area contributed by atoms with Gasteiger partial charge in [-0.25, -0.2) is 4.98 Å². The van der Waals surface area contributed by atoms with Crippen molar-refractivity contribution in [3.63, 3.8) is 0 Å². The molecule has 180 valence electrons. The molecular formula is C26H30N8O. The minimum Gasteiger partial charge on any atom is -0.366 e. The molecule has 0 radical (unpaired) electrons. The summed E-state index contributed by atoms with van der Waals surface area (Å²) in [6, 6.07) is 8.47. The highest BCUT2D eigenvalue weighted by Gasteiger charge is 2.17. The van der Waals surface area contributed by atoms with Crippen molar-refractivity contribution in [2.45, 2.75) is 45.2 Å². The highest BCUT2D eigenvalue weighted by molar-refractivity contribution is 5.97. The normalized spacial score (nSPS) is 15.1. The van der Waals surface area contributed by atoms with Gasteiger partial charge in [0, 0.05) is 29.2 Å². The lowest BCUT2D eigenvalue weighted by atomic mass is 10.1. The third-order valence-electron chi connectivity index (χ3n) is 6.43. The van der Waals surface area contributed by atoms with Crippen LogP contribution in [0.1, 0.15) is 48.8 Å². The second-order valence-corrected chi connectivity index (χ2v) is 9.52. The van der Waals surface area contributed by atoms with Gasteiger partial charge < -0.3 is 10.2 Å². The maximum absolute atomic E-state index is 12.7. The second-order valence-electron chi connectivity index (χ2n) is 9.52. The first-order valence-corrected chi connectivity index (χ1v) is 12.1. The Bertz CT molecular complexity index is 1340. The summed E-state index contributed by atoms with van der Waals surface area (Å²) in [7, 11) is 2.16. The number of fused-ring (bicyclic) bond motifs is 1. The van der Waals surface area contributed by atoms with Crippen LogP contribution in [0.2, 0.25) is 0 Å². The molecule has 5 rings (SSSR count). The smallest absolute Gasteiger partial charge is 0.172 e. The lowest BCUT2D eigenvalue weighted by Gasteiger charge is -2.29. The number of rotatable bonds is 7. The van der Waals surface area contributed by atoms with Crippen LogP contribution in [-0.2, 0) is 6.42 Å². The van der Waals surface area contributed by atoms with E-state index in [1.54, 1.807) is 29.5 Å². The van der Waals surface area contributed by atoms with Crippen LogP contribution in [0.5, 0.6) is 0 Å². The van der Waals surface area contributed by atoms with Crippen molar-refractivity contribution < 1.29 is 4.79 Å². The quantitative estimate of drug-likeness (QED) is 0.407. The molecule has 0 aliphatic carbocycles. The van der Waals surface area contributed by atoms with Crippen molar-refractivity contribution in [2.24, 2.45) is 0 Å². The van der Waals surface area contributed by atoms with Crippen LogP contribution >= 0.6 is 0 Å². The molecule has 4 aromatic rings. The van der Waals surface area contributed by atoms with Crippen molar-refractivity contribution in [1.29, 1.82) is 0 Å². The molecule has 0 saturated carbocycles. The lowest BCUT2D eigenvalue weighted by Crippen LogP contribution is -2.36. The first-order chi connectivity index (χ1) is 16.9. The predicted molar refractivity (Wildman–Crippen MR) is 135 cm³/mol. The van der Waals surface area contributed by atoms with Gasteiger partial charge in [0.05, 0.1) is 47.5 Å². The van der Waals surface area contributed by atoms with Crippen molar-refractivity contribution in [3.05, 3.63) is 60.3 Å². The Morgan fingerprint density at radius 3 is 2.71 bits per heavy atom. The van der Waals surface area contributed by atoms with Crippen LogP contribution in [-0.4, -0.2) is 66.8 Å². The van der Waals surface area contributed by atoms with Crippen LogP contribution in [0.3, 0.4) is 0 Å². The molecule has 1 aliphatic heterocycles. The number of piperidine rings is 1. The number of benzene rings is 1. The molecule has 4 heterocycles. The summed E-state index contributed by atoms with van der Waals surface area (Å²) in [5.41, 5.74) is 3.71. The highest BCUT2D eigenvalue weighted by atomic mass is 16.1. The SMILES string of the molecule is CC(C)n1cc(C(=O)Cc2cc3cc(-c4cncc(NC5CCN(C)CC5)n4)ccc3nn2)cn1. The molecule has 35 heavy (non-hydrogen) atoms. The molecule has 0 bridgehead atoms. The summed E-state index contributed by atoms with van der Waals surface area (Å²) in [4.78, 5) is 24.3. The number of carbonyl (C=O) groups is 1. The van der Waals surface area contributed by atoms with Gasteiger partial charge in [-0.2, -0.15) is 15.3 Å². The highest BCUT2D eigenvalue weighted by Crippen LogP contribution is 2.24. The number of aromatic nitrogens is 6. The average Bonchev–Trinajstić information content (AvgIpc) is 3.36. The number of Topliss-reactive ketones (excluding diaryl/α,β-unsaturated/α-hetero) is 1. The Morgan fingerprint density at radius 1 is 1.11 bits per heavy atom. The van der Waals surface area contributed by atoms with Gasteiger partial charge in [0.25, 0.3) is 0 Å². The zero-order valence-electron chi connectivity index (χ0n) is 20.3. The molecule has 1 N–H and O–H groups in total. The van der Waals surface area contributed by atoms with E-state index in [0.29, 0.717) is 17.3 Å². The Morgan fingerprint density at radius 2 is 1.94 bits per heavy atom. The van der Waals surface area contributed by atoms with Crippen molar-refractivity contribution in [1.82, 2.24) is 34.8 Å². The molecule has 1 aliphatic rings. The molecule has 1 fully saturated rings. The minimum atomic E-state index is -0.0275. The monoisotopic (exact) mass is 470 g/mol.